The molecule has 2 aromatic rings. The summed E-state index contributed by atoms with van der Waals surface area (Å²) in [6.07, 6.45) is 0.664. The second-order valence-corrected chi connectivity index (χ2v) is 7.08. The van der Waals surface area contributed by atoms with Crippen LogP contribution in [0, 0.1) is 0 Å². The maximum Gasteiger partial charge on any atom is 0.307 e. The Balaban J connectivity index is 1.33. The monoisotopic (exact) mass is 415 g/mol. The molecule has 0 spiro atoms. The number of hydrogen-bond acceptors (Lipinski definition) is 6. The Kier molecular flexibility index (Phi) is 5.40. The van der Waals surface area contributed by atoms with E-state index in [0.29, 0.717) is 46.4 Å². The van der Waals surface area contributed by atoms with Crippen LogP contribution in [0.4, 0.5) is 0 Å². The van der Waals surface area contributed by atoms with Crippen molar-refractivity contribution >= 4 is 29.4 Å². The van der Waals surface area contributed by atoms with Crippen molar-refractivity contribution in [2.75, 3.05) is 19.8 Å². The molecule has 2 aromatic carbocycles. The van der Waals surface area contributed by atoms with Crippen LogP contribution in [0.2, 0.25) is 5.02 Å². The zero-order valence-corrected chi connectivity index (χ0v) is 16.2. The third-order valence-corrected chi connectivity index (χ3v) is 4.96. The second-order valence-electron chi connectivity index (χ2n) is 6.67. The Morgan fingerprint density at radius 2 is 1.76 bits per heavy atom. The number of imide groups is 1. The molecule has 0 unspecified atom stereocenters. The zero-order valence-electron chi connectivity index (χ0n) is 15.5. The van der Waals surface area contributed by atoms with Gasteiger partial charge in [0.15, 0.2) is 11.5 Å². The van der Waals surface area contributed by atoms with Crippen molar-refractivity contribution in [3.05, 3.63) is 58.1 Å². The van der Waals surface area contributed by atoms with E-state index in [2.05, 4.69) is 0 Å². The molecule has 0 fully saturated rings. The van der Waals surface area contributed by atoms with Gasteiger partial charge in [-0.3, -0.25) is 19.3 Å². The van der Waals surface area contributed by atoms with Gasteiger partial charge in [-0.2, -0.15) is 0 Å². The van der Waals surface area contributed by atoms with Gasteiger partial charge in [0.1, 0.15) is 6.61 Å². The smallest absolute Gasteiger partial charge is 0.307 e. The van der Waals surface area contributed by atoms with Crippen molar-refractivity contribution in [2.45, 2.75) is 19.4 Å². The quantitative estimate of drug-likeness (QED) is 0.550. The molecule has 0 bridgehead atoms. The predicted molar refractivity (Wildman–Crippen MR) is 103 cm³/mol. The highest BCUT2D eigenvalue weighted by Crippen LogP contribution is 2.38. The van der Waals surface area contributed by atoms with Crippen LogP contribution in [-0.2, 0) is 16.1 Å². The lowest BCUT2D eigenvalue weighted by Gasteiger charge is -2.14. The minimum atomic E-state index is -0.523. The van der Waals surface area contributed by atoms with Crippen molar-refractivity contribution < 1.29 is 28.6 Å². The molecule has 0 saturated heterocycles. The molecule has 0 N–H and O–H groups in total. The third-order valence-electron chi connectivity index (χ3n) is 4.68. The number of fused-ring (bicyclic) bond motifs is 2. The van der Waals surface area contributed by atoms with Crippen molar-refractivity contribution in [1.82, 2.24) is 4.90 Å². The van der Waals surface area contributed by atoms with Gasteiger partial charge in [0, 0.05) is 13.0 Å². The summed E-state index contributed by atoms with van der Waals surface area (Å²) in [4.78, 5) is 37.8. The predicted octanol–water partition coefficient (Wildman–Crippen LogP) is 3.23. The standard InChI is InChI=1S/C21H18ClNO6/c22-16-10-13(11-17-19(16)28-9-3-8-27-17)12-29-18(24)6-7-23-20(25)14-4-1-2-5-15(14)21(23)26/h1-2,4-5,10-11H,3,6-9,12H2. The Labute approximate surface area is 172 Å². The van der Waals surface area contributed by atoms with Crippen LogP contribution in [0.1, 0.15) is 39.1 Å². The van der Waals surface area contributed by atoms with E-state index in [1.807, 2.05) is 0 Å². The van der Waals surface area contributed by atoms with Crippen LogP contribution in [0.3, 0.4) is 0 Å². The molecule has 0 aromatic heterocycles. The largest absolute Gasteiger partial charge is 0.489 e. The lowest BCUT2D eigenvalue weighted by Crippen LogP contribution is -2.32. The van der Waals surface area contributed by atoms with Gasteiger partial charge in [0.2, 0.25) is 0 Å². The molecule has 7 nitrogen and oxygen atoms in total. The van der Waals surface area contributed by atoms with E-state index in [0.717, 1.165) is 11.3 Å². The SMILES string of the molecule is O=C(CCN1C(=O)c2ccccc2C1=O)OCc1cc(Cl)c2c(c1)OCCCO2. The highest BCUT2D eigenvalue weighted by atomic mass is 35.5. The number of esters is 1. The molecule has 0 radical (unpaired) electrons. The van der Waals surface area contributed by atoms with E-state index in [1.165, 1.54) is 0 Å². The topological polar surface area (TPSA) is 82.1 Å². The molecule has 0 saturated carbocycles. The summed E-state index contributed by atoms with van der Waals surface area (Å²) in [5.74, 6) is -0.303. The van der Waals surface area contributed by atoms with E-state index in [-0.39, 0.29) is 19.6 Å². The van der Waals surface area contributed by atoms with Gasteiger partial charge in [0.25, 0.3) is 11.8 Å². The molecule has 2 heterocycles. The molecule has 8 heteroatoms. The fourth-order valence-corrected chi connectivity index (χ4v) is 3.54. The van der Waals surface area contributed by atoms with Gasteiger partial charge in [-0.25, -0.2) is 0 Å². The van der Waals surface area contributed by atoms with E-state index < -0.39 is 17.8 Å². The lowest BCUT2D eigenvalue weighted by molar-refractivity contribution is -0.145. The average Bonchev–Trinajstić information content (AvgIpc) is 2.88. The highest BCUT2D eigenvalue weighted by Gasteiger charge is 2.35. The molecular formula is C21H18ClNO6. The minimum absolute atomic E-state index is 0.00267. The number of nitrogens with zero attached hydrogens (tertiary/aromatic N) is 1. The third kappa shape index (κ3) is 3.91. The average molecular weight is 416 g/mol. The Hall–Kier alpha value is -3.06. The van der Waals surface area contributed by atoms with Gasteiger partial charge in [-0.1, -0.05) is 23.7 Å². The second kappa shape index (κ2) is 8.13. The van der Waals surface area contributed by atoms with E-state index in [1.54, 1.807) is 36.4 Å². The number of carbonyl (C=O) groups excluding carboxylic acids is 3. The molecule has 2 amide bonds. The molecule has 2 aliphatic heterocycles. The number of rotatable bonds is 5. The number of benzene rings is 2. The zero-order chi connectivity index (χ0) is 20.4. The summed E-state index contributed by atoms with van der Waals surface area (Å²) in [7, 11) is 0. The molecule has 2 aliphatic rings. The molecular weight excluding hydrogens is 398 g/mol. The van der Waals surface area contributed by atoms with Gasteiger partial charge >= 0.3 is 5.97 Å². The fourth-order valence-electron chi connectivity index (χ4n) is 3.25. The van der Waals surface area contributed by atoms with Gasteiger partial charge in [-0.15, -0.1) is 0 Å². The molecule has 0 aliphatic carbocycles. The maximum absolute atomic E-state index is 12.3. The van der Waals surface area contributed by atoms with Crippen LogP contribution in [0.25, 0.3) is 0 Å². The van der Waals surface area contributed by atoms with E-state index in [9.17, 15) is 14.4 Å². The van der Waals surface area contributed by atoms with Crippen molar-refractivity contribution in [3.8, 4) is 11.5 Å². The van der Waals surface area contributed by atoms with E-state index >= 15 is 0 Å². The molecule has 0 atom stereocenters. The Bertz CT molecular complexity index is 954. The first-order chi connectivity index (χ1) is 14.0. The normalized spacial score (nSPS) is 15.1. The van der Waals surface area contributed by atoms with Crippen molar-refractivity contribution in [3.63, 3.8) is 0 Å². The van der Waals surface area contributed by atoms with E-state index in [4.69, 9.17) is 25.8 Å². The number of ether oxygens (including phenoxy) is 3. The first-order valence-electron chi connectivity index (χ1n) is 9.23. The number of hydrogen-bond donors (Lipinski definition) is 0. The fraction of sp³-hybridized carbons (Fsp3) is 0.286. The molecule has 29 heavy (non-hydrogen) atoms. The summed E-state index contributed by atoms with van der Waals surface area (Å²) >= 11 is 6.23. The number of amides is 2. The summed E-state index contributed by atoms with van der Waals surface area (Å²) in [5, 5.41) is 0.390. The van der Waals surface area contributed by atoms with Gasteiger partial charge < -0.3 is 14.2 Å². The summed E-state index contributed by atoms with van der Waals surface area (Å²) in [5.41, 5.74) is 1.37. The first kappa shape index (κ1) is 19.3. The van der Waals surface area contributed by atoms with Crippen LogP contribution in [-0.4, -0.2) is 42.4 Å². The van der Waals surface area contributed by atoms with Crippen LogP contribution >= 0.6 is 11.6 Å². The van der Waals surface area contributed by atoms with Crippen LogP contribution < -0.4 is 9.47 Å². The maximum atomic E-state index is 12.3. The van der Waals surface area contributed by atoms with Crippen molar-refractivity contribution in [2.24, 2.45) is 0 Å². The number of carbonyl (C=O) groups is 3. The molecule has 4 rings (SSSR count). The number of halogens is 1. The van der Waals surface area contributed by atoms with Crippen LogP contribution in [0.5, 0.6) is 11.5 Å². The Morgan fingerprint density at radius 1 is 1.07 bits per heavy atom. The van der Waals surface area contributed by atoms with Gasteiger partial charge in [-0.05, 0) is 29.8 Å². The highest BCUT2D eigenvalue weighted by molar-refractivity contribution is 6.32. The van der Waals surface area contributed by atoms with Gasteiger partial charge in [0.05, 0.1) is 35.8 Å². The van der Waals surface area contributed by atoms with Crippen LogP contribution in [0.15, 0.2) is 36.4 Å². The first-order valence-corrected chi connectivity index (χ1v) is 9.61. The molecule has 150 valence electrons. The lowest BCUT2D eigenvalue weighted by atomic mass is 10.1. The minimum Gasteiger partial charge on any atom is -0.489 e. The van der Waals surface area contributed by atoms with Crippen molar-refractivity contribution in [1.29, 1.82) is 0 Å². The summed E-state index contributed by atoms with van der Waals surface area (Å²) in [6.45, 7) is 1.01. The summed E-state index contributed by atoms with van der Waals surface area (Å²) in [6, 6.07) is 9.98. The summed E-state index contributed by atoms with van der Waals surface area (Å²) < 4.78 is 16.5. The Morgan fingerprint density at radius 3 is 2.48 bits per heavy atom.